The van der Waals surface area contributed by atoms with Crippen molar-refractivity contribution in [1.29, 1.82) is 0 Å². The van der Waals surface area contributed by atoms with Crippen molar-refractivity contribution in [2.24, 2.45) is 0 Å². The summed E-state index contributed by atoms with van der Waals surface area (Å²) < 4.78 is 38.0. The molecule has 3 nitrogen and oxygen atoms in total. The number of rotatable bonds is 2. The Morgan fingerprint density at radius 3 is 2.53 bits per heavy atom. The lowest BCUT2D eigenvalue weighted by molar-refractivity contribution is -0.272. The quantitative estimate of drug-likeness (QED) is 0.899. The Labute approximate surface area is 110 Å². The predicted molar refractivity (Wildman–Crippen MR) is 64.5 cm³/mol. The lowest BCUT2D eigenvalue weighted by atomic mass is 9.90. The van der Waals surface area contributed by atoms with E-state index < -0.39 is 11.8 Å². The molecule has 1 fully saturated rings. The number of alkyl halides is 3. The van der Waals surface area contributed by atoms with Crippen LogP contribution in [0, 0.1) is 6.92 Å². The minimum atomic E-state index is -4.54. The van der Waals surface area contributed by atoms with E-state index in [4.69, 9.17) is 0 Å². The van der Waals surface area contributed by atoms with E-state index in [1.54, 1.807) is 6.20 Å². The van der Waals surface area contributed by atoms with E-state index in [0.29, 0.717) is 6.54 Å². The van der Waals surface area contributed by atoms with E-state index in [0.717, 1.165) is 11.3 Å². The van der Waals surface area contributed by atoms with Gasteiger partial charge in [-0.05, 0) is 31.4 Å². The molecule has 0 aliphatic carbocycles. The van der Waals surface area contributed by atoms with Gasteiger partial charge in [0.05, 0.1) is 0 Å². The Bertz CT molecular complexity index is 440. The number of aromatic nitrogens is 1. The summed E-state index contributed by atoms with van der Waals surface area (Å²) in [4.78, 5) is 6.08. The molecular weight excluding hydrogens is 257 g/mol. The topological polar surface area (TPSA) is 36.4 Å². The fourth-order valence-corrected chi connectivity index (χ4v) is 2.29. The van der Waals surface area contributed by atoms with Crippen molar-refractivity contribution < 1.29 is 18.3 Å². The van der Waals surface area contributed by atoms with Gasteiger partial charge in [0, 0.05) is 31.5 Å². The smallest absolute Gasteiger partial charge is 0.380 e. The number of piperidine rings is 1. The van der Waals surface area contributed by atoms with Crippen LogP contribution < -0.4 is 0 Å². The molecule has 0 spiro atoms. The second-order valence-electron chi connectivity index (χ2n) is 5.05. The molecule has 2 heterocycles. The molecule has 1 aromatic heterocycles. The van der Waals surface area contributed by atoms with Gasteiger partial charge in [-0.25, -0.2) is 0 Å². The zero-order chi connectivity index (χ0) is 14.1. The van der Waals surface area contributed by atoms with Crippen LogP contribution in [0.2, 0.25) is 0 Å². The second kappa shape index (κ2) is 5.09. The SMILES string of the molecule is Cc1ncccc1CN1CCC(O)(C(F)(F)F)CC1. The highest BCUT2D eigenvalue weighted by Crippen LogP contribution is 2.38. The molecule has 6 heteroatoms. The van der Waals surface area contributed by atoms with Crippen LogP contribution in [0.3, 0.4) is 0 Å². The van der Waals surface area contributed by atoms with Crippen molar-refractivity contribution in [3.8, 4) is 0 Å². The number of aliphatic hydroxyl groups is 1. The van der Waals surface area contributed by atoms with Gasteiger partial charge >= 0.3 is 6.18 Å². The van der Waals surface area contributed by atoms with Crippen molar-refractivity contribution in [3.05, 3.63) is 29.6 Å². The monoisotopic (exact) mass is 274 g/mol. The van der Waals surface area contributed by atoms with E-state index in [-0.39, 0.29) is 25.9 Å². The summed E-state index contributed by atoms with van der Waals surface area (Å²) in [6.07, 6.45) is -3.38. The standard InChI is InChI=1S/C13H17F3N2O/c1-10-11(3-2-6-17-10)9-18-7-4-12(19,5-8-18)13(14,15)16/h2-3,6,19H,4-5,7-9H2,1H3. The number of hydrogen-bond acceptors (Lipinski definition) is 3. The van der Waals surface area contributed by atoms with Crippen molar-refractivity contribution in [2.45, 2.75) is 38.1 Å². The molecule has 2 rings (SSSR count). The van der Waals surface area contributed by atoms with Gasteiger partial charge < -0.3 is 5.11 Å². The fourth-order valence-electron chi connectivity index (χ4n) is 2.29. The van der Waals surface area contributed by atoms with E-state index in [1.807, 2.05) is 24.0 Å². The molecule has 0 aromatic carbocycles. The highest BCUT2D eigenvalue weighted by Gasteiger charge is 2.54. The lowest BCUT2D eigenvalue weighted by Gasteiger charge is -2.39. The molecule has 106 valence electrons. The van der Waals surface area contributed by atoms with Crippen molar-refractivity contribution >= 4 is 0 Å². The number of nitrogens with zero attached hydrogens (tertiary/aromatic N) is 2. The molecule has 0 bridgehead atoms. The number of pyridine rings is 1. The van der Waals surface area contributed by atoms with E-state index in [9.17, 15) is 18.3 Å². The Kier molecular flexibility index (Phi) is 3.82. The third kappa shape index (κ3) is 3.06. The summed E-state index contributed by atoms with van der Waals surface area (Å²) in [6.45, 7) is 2.94. The summed E-state index contributed by atoms with van der Waals surface area (Å²) in [5, 5.41) is 9.58. The highest BCUT2D eigenvalue weighted by molar-refractivity contribution is 5.18. The van der Waals surface area contributed by atoms with Crippen LogP contribution in [0.1, 0.15) is 24.1 Å². The summed E-state index contributed by atoms with van der Waals surface area (Å²) in [6, 6.07) is 3.74. The second-order valence-corrected chi connectivity index (χ2v) is 5.05. The number of halogens is 3. The zero-order valence-corrected chi connectivity index (χ0v) is 10.7. The summed E-state index contributed by atoms with van der Waals surface area (Å²) in [5.74, 6) is 0. The third-order valence-corrected chi connectivity index (χ3v) is 3.72. The molecule has 19 heavy (non-hydrogen) atoms. The van der Waals surface area contributed by atoms with Gasteiger partial charge in [0.1, 0.15) is 0 Å². The van der Waals surface area contributed by atoms with Crippen LogP contribution in [0.15, 0.2) is 18.3 Å². The van der Waals surface area contributed by atoms with Crippen molar-refractivity contribution in [1.82, 2.24) is 9.88 Å². The normalized spacial score (nSPS) is 20.5. The van der Waals surface area contributed by atoms with Crippen molar-refractivity contribution in [3.63, 3.8) is 0 Å². The first-order valence-corrected chi connectivity index (χ1v) is 6.24. The average molecular weight is 274 g/mol. The van der Waals surface area contributed by atoms with Crippen LogP contribution in [-0.2, 0) is 6.54 Å². The maximum absolute atomic E-state index is 12.7. The van der Waals surface area contributed by atoms with Crippen LogP contribution >= 0.6 is 0 Å². The van der Waals surface area contributed by atoms with E-state index in [2.05, 4.69) is 4.98 Å². The highest BCUT2D eigenvalue weighted by atomic mass is 19.4. The summed E-state index contributed by atoms with van der Waals surface area (Å²) in [5.41, 5.74) is -0.618. The van der Waals surface area contributed by atoms with E-state index in [1.165, 1.54) is 0 Å². The maximum atomic E-state index is 12.7. The molecule has 1 aliphatic heterocycles. The minimum absolute atomic E-state index is 0.240. The number of aryl methyl sites for hydroxylation is 1. The molecule has 1 aromatic rings. The predicted octanol–water partition coefficient (Wildman–Crippen LogP) is 2.28. The molecule has 0 atom stereocenters. The van der Waals surface area contributed by atoms with Gasteiger partial charge in [-0.1, -0.05) is 6.07 Å². The molecule has 1 N–H and O–H groups in total. The molecule has 0 amide bonds. The Hall–Kier alpha value is -1.14. The van der Waals surface area contributed by atoms with Crippen LogP contribution in [0.25, 0.3) is 0 Å². The fraction of sp³-hybridized carbons (Fsp3) is 0.615. The first kappa shape index (κ1) is 14.3. The zero-order valence-electron chi connectivity index (χ0n) is 10.7. The van der Waals surface area contributed by atoms with Gasteiger partial charge in [0.15, 0.2) is 5.60 Å². The average Bonchev–Trinajstić information content (AvgIpc) is 2.34. The first-order valence-electron chi connectivity index (χ1n) is 6.24. The van der Waals surface area contributed by atoms with Gasteiger partial charge in [0.25, 0.3) is 0 Å². The molecule has 0 saturated carbocycles. The maximum Gasteiger partial charge on any atom is 0.417 e. The number of hydrogen-bond donors (Lipinski definition) is 1. The minimum Gasteiger partial charge on any atom is -0.380 e. The third-order valence-electron chi connectivity index (χ3n) is 3.72. The van der Waals surface area contributed by atoms with Gasteiger partial charge in [-0.2, -0.15) is 13.2 Å². The van der Waals surface area contributed by atoms with E-state index >= 15 is 0 Å². The van der Waals surface area contributed by atoms with Crippen LogP contribution in [0.4, 0.5) is 13.2 Å². The lowest BCUT2D eigenvalue weighted by Crippen LogP contribution is -2.53. The Morgan fingerprint density at radius 1 is 1.37 bits per heavy atom. The Morgan fingerprint density at radius 2 is 2.00 bits per heavy atom. The molecule has 0 unspecified atom stereocenters. The molecule has 1 aliphatic rings. The summed E-state index contributed by atoms with van der Waals surface area (Å²) in [7, 11) is 0. The largest absolute Gasteiger partial charge is 0.417 e. The summed E-state index contributed by atoms with van der Waals surface area (Å²) >= 11 is 0. The molecular formula is C13H17F3N2O. The first-order chi connectivity index (χ1) is 8.82. The van der Waals surface area contributed by atoms with Gasteiger partial charge in [-0.3, -0.25) is 9.88 Å². The van der Waals surface area contributed by atoms with Crippen LogP contribution in [-0.4, -0.2) is 39.9 Å². The van der Waals surface area contributed by atoms with Gasteiger partial charge in [-0.15, -0.1) is 0 Å². The molecule has 1 saturated heterocycles. The number of likely N-dealkylation sites (tertiary alicyclic amines) is 1. The van der Waals surface area contributed by atoms with Crippen LogP contribution in [0.5, 0.6) is 0 Å². The Balaban J connectivity index is 1.96. The van der Waals surface area contributed by atoms with Crippen molar-refractivity contribution in [2.75, 3.05) is 13.1 Å². The molecule has 0 radical (unpaired) electrons. The van der Waals surface area contributed by atoms with Gasteiger partial charge in [0.2, 0.25) is 0 Å².